The fourth-order valence-electron chi connectivity index (χ4n) is 3.55. The van der Waals surface area contributed by atoms with Gasteiger partial charge in [-0.15, -0.1) is 11.3 Å². The molecule has 0 radical (unpaired) electrons. The van der Waals surface area contributed by atoms with Crippen molar-refractivity contribution in [3.05, 3.63) is 57.9 Å². The van der Waals surface area contributed by atoms with Gasteiger partial charge in [-0.1, -0.05) is 11.6 Å². The molecule has 1 aliphatic rings. The lowest BCUT2D eigenvalue weighted by Gasteiger charge is -2.17. The van der Waals surface area contributed by atoms with Crippen LogP contribution in [0.3, 0.4) is 0 Å². The molecule has 1 N–H and O–H groups in total. The predicted molar refractivity (Wildman–Crippen MR) is 121 cm³/mol. The minimum absolute atomic E-state index is 0.0314. The number of aromatic nitrogens is 3. The summed E-state index contributed by atoms with van der Waals surface area (Å²) in [6.07, 6.45) is 5.73. The van der Waals surface area contributed by atoms with Gasteiger partial charge in [0.05, 0.1) is 27.6 Å². The predicted octanol–water partition coefficient (Wildman–Crippen LogP) is 2.83. The molecule has 3 aromatic rings. The highest BCUT2D eigenvalue weighted by molar-refractivity contribution is 7.18. The summed E-state index contributed by atoms with van der Waals surface area (Å²) in [7, 11) is 3.98. The van der Waals surface area contributed by atoms with Crippen LogP contribution in [0.2, 0.25) is 4.34 Å². The normalized spacial score (nSPS) is 16.3. The number of halogens is 1. The third-order valence-electron chi connectivity index (χ3n) is 5.02. The van der Waals surface area contributed by atoms with E-state index in [0.29, 0.717) is 35.3 Å². The molecule has 0 saturated carbocycles. The Balaban J connectivity index is 1.38. The molecule has 1 unspecified atom stereocenters. The molecule has 0 aliphatic carbocycles. The molecule has 4 heterocycles. The Kier molecular flexibility index (Phi) is 6.35. The van der Waals surface area contributed by atoms with Gasteiger partial charge in [0.15, 0.2) is 0 Å². The zero-order valence-electron chi connectivity index (χ0n) is 17.3. The van der Waals surface area contributed by atoms with E-state index in [1.54, 1.807) is 29.4 Å². The summed E-state index contributed by atoms with van der Waals surface area (Å²) in [5.74, 6) is 1.56. The highest BCUT2D eigenvalue weighted by atomic mass is 35.5. The quantitative estimate of drug-likeness (QED) is 0.588. The van der Waals surface area contributed by atoms with Gasteiger partial charge < -0.3 is 15.1 Å². The average Bonchev–Trinajstić information content (AvgIpc) is 3.46. The fraction of sp³-hybridized carbons (Fsp3) is 0.333. The van der Waals surface area contributed by atoms with Crippen LogP contribution >= 0.6 is 22.9 Å². The first-order chi connectivity index (χ1) is 14.9. The van der Waals surface area contributed by atoms with Crippen molar-refractivity contribution in [3.63, 3.8) is 0 Å². The summed E-state index contributed by atoms with van der Waals surface area (Å²) in [4.78, 5) is 38.0. The van der Waals surface area contributed by atoms with Gasteiger partial charge in [0.25, 0.3) is 5.91 Å². The number of hydrogen-bond donors (Lipinski definition) is 1. The minimum Gasteiger partial charge on any atom is -0.351 e. The Labute approximate surface area is 189 Å². The van der Waals surface area contributed by atoms with Crippen LogP contribution < -0.4 is 10.2 Å². The number of nitrogens with zero attached hydrogens (tertiary/aromatic N) is 5. The molecule has 0 bridgehead atoms. The maximum atomic E-state index is 12.5. The third-order valence-corrected chi connectivity index (χ3v) is 6.25. The molecule has 2 amide bonds. The summed E-state index contributed by atoms with van der Waals surface area (Å²) in [5.41, 5.74) is 0.752. The third kappa shape index (κ3) is 4.95. The second-order valence-electron chi connectivity index (χ2n) is 7.71. The number of carbonyl (C=O) groups is 2. The largest absolute Gasteiger partial charge is 0.351 e. The molecule has 0 aromatic carbocycles. The Bertz CT molecular complexity index is 1080. The van der Waals surface area contributed by atoms with Crippen LogP contribution in [0.15, 0.2) is 42.9 Å². The molecule has 0 spiro atoms. The highest BCUT2D eigenvalue weighted by Gasteiger charge is 2.31. The van der Waals surface area contributed by atoms with E-state index in [-0.39, 0.29) is 17.7 Å². The monoisotopic (exact) mass is 458 g/mol. The van der Waals surface area contributed by atoms with E-state index < -0.39 is 0 Å². The van der Waals surface area contributed by atoms with Crippen molar-refractivity contribution in [2.24, 2.45) is 5.92 Å². The van der Waals surface area contributed by atoms with E-state index in [4.69, 9.17) is 11.6 Å². The van der Waals surface area contributed by atoms with E-state index >= 15 is 0 Å². The molecule has 162 valence electrons. The van der Waals surface area contributed by atoms with Crippen molar-refractivity contribution in [3.8, 4) is 5.82 Å². The van der Waals surface area contributed by atoms with E-state index in [1.165, 1.54) is 11.3 Å². The zero-order valence-corrected chi connectivity index (χ0v) is 18.9. The molecule has 1 saturated heterocycles. The van der Waals surface area contributed by atoms with Gasteiger partial charge in [0, 0.05) is 37.8 Å². The van der Waals surface area contributed by atoms with Crippen molar-refractivity contribution < 1.29 is 9.59 Å². The Hall–Kier alpha value is -2.75. The Morgan fingerprint density at radius 1 is 1.29 bits per heavy atom. The lowest BCUT2D eigenvalue weighted by molar-refractivity contribution is -0.117. The first-order valence-electron chi connectivity index (χ1n) is 9.88. The number of nitrogens with one attached hydrogen (secondary N) is 1. The Morgan fingerprint density at radius 2 is 2.13 bits per heavy atom. The van der Waals surface area contributed by atoms with Gasteiger partial charge in [-0.05, 0) is 38.4 Å². The van der Waals surface area contributed by atoms with Gasteiger partial charge in [-0.25, -0.2) is 9.97 Å². The summed E-state index contributed by atoms with van der Waals surface area (Å²) < 4.78 is 2.51. The number of amides is 2. The van der Waals surface area contributed by atoms with Crippen molar-refractivity contribution in [1.29, 1.82) is 0 Å². The number of imidazole rings is 1. The van der Waals surface area contributed by atoms with Gasteiger partial charge in [-0.3, -0.25) is 14.2 Å². The number of carbonyl (C=O) groups excluding carboxylic acids is 2. The first kappa shape index (κ1) is 21.5. The van der Waals surface area contributed by atoms with Gasteiger partial charge in [0.2, 0.25) is 5.91 Å². The fourth-order valence-corrected chi connectivity index (χ4v) is 4.51. The van der Waals surface area contributed by atoms with Crippen molar-refractivity contribution in [1.82, 2.24) is 24.8 Å². The van der Waals surface area contributed by atoms with Crippen LogP contribution in [-0.2, 0) is 11.3 Å². The van der Waals surface area contributed by atoms with E-state index in [2.05, 4.69) is 15.3 Å². The zero-order chi connectivity index (χ0) is 22.0. The number of hydrogen-bond acceptors (Lipinski definition) is 6. The topological polar surface area (TPSA) is 83.4 Å². The standard InChI is InChI=1S/C21H23ClN6O2S/c1-26(2)13-19-23-7-8-27(19)18-6-3-15(11-24-18)28-12-14(9-20(28)29)10-25-21(30)16-4-5-17(22)31-16/h3-8,11,14H,9-10,12-13H2,1-2H3,(H,25,30). The van der Waals surface area contributed by atoms with Gasteiger partial charge in [-0.2, -0.15) is 0 Å². The number of rotatable bonds is 7. The van der Waals surface area contributed by atoms with Crippen LogP contribution in [0.25, 0.3) is 5.82 Å². The van der Waals surface area contributed by atoms with Crippen LogP contribution in [0.4, 0.5) is 5.69 Å². The molecule has 4 rings (SSSR count). The summed E-state index contributed by atoms with van der Waals surface area (Å²) in [6, 6.07) is 7.19. The Morgan fingerprint density at radius 3 is 2.81 bits per heavy atom. The second kappa shape index (κ2) is 9.17. The lowest BCUT2D eigenvalue weighted by Crippen LogP contribution is -2.30. The average molecular weight is 459 g/mol. The van der Waals surface area contributed by atoms with Crippen molar-refractivity contribution in [2.45, 2.75) is 13.0 Å². The van der Waals surface area contributed by atoms with Crippen LogP contribution in [0.5, 0.6) is 0 Å². The molecule has 10 heteroatoms. The number of thiophene rings is 1. The van der Waals surface area contributed by atoms with Crippen molar-refractivity contribution in [2.75, 3.05) is 32.1 Å². The first-order valence-corrected chi connectivity index (χ1v) is 11.1. The summed E-state index contributed by atoms with van der Waals surface area (Å²) in [6.45, 7) is 1.68. The SMILES string of the molecule is CN(C)Cc1nccn1-c1ccc(N2CC(CNC(=O)c3ccc(Cl)s3)CC2=O)cn1. The minimum atomic E-state index is -0.164. The maximum absolute atomic E-state index is 12.5. The number of anilines is 1. The van der Waals surface area contributed by atoms with Gasteiger partial charge in [0.1, 0.15) is 11.6 Å². The van der Waals surface area contributed by atoms with E-state index in [9.17, 15) is 9.59 Å². The molecule has 1 aliphatic heterocycles. The number of pyridine rings is 1. The molecular weight excluding hydrogens is 436 g/mol. The maximum Gasteiger partial charge on any atom is 0.261 e. The van der Waals surface area contributed by atoms with Crippen LogP contribution in [0.1, 0.15) is 21.9 Å². The molecule has 3 aromatic heterocycles. The van der Waals surface area contributed by atoms with E-state index in [0.717, 1.165) is 17.3 Å². The molecule has 1 atom stereocenters. The second-order valence-corrected chi connectivity index (χ2v) is 9.43. The summed E-state index contributed by atoms with van der Waals surface area (Å²) >= 11 is 7.13. The molecule has 31 heavy (non-hydrogen) atoms. The smallest absolute Gasteiger partial charge is 0.261 e. The lowest BCUT2D eigenvalue weighted by atomic mass is 10.1. The highest BCUT2D eigenvalue weighted by Crippen LogP contribution is 2.26. The molecule has 8 nitrogen and oxygen atoms in total. The molecule has 1 fully saturated rings. The van der Waals surface area contributed by atoms with Crippen molar-refractivity contribution >= 4 is 40.4 Å². The molecular formula is C21H23ClN6O2S. The van der Waals surface area contributed by atoms with E-state index in [1.807, 2.05) is 41.9 Å². The van der Waals surface area contributed by atoms with Crippen LogP contribution in [-0.4, -0.2) is 58.4 Å². The van der Waals surface area contributed by atoms with Crippen LogP contribution in [0, 0.1) is 5.92 Å². The van der Waals surface area contributed by atoms with Gasteiger partial charge >= 0.3 is 0 Å². The summed E-state index contributed by atoms with van der Waals surface area (Å²) in [5, 5.41) is 2.90.